The maximum absolute atomic E-state index is 12.1. The molecule has 3 N–H and O–H groups in total. The molecule has 108 valence electrons. The number of amides is 1. The normalized spacial score (nSPS) is 13.9. The number of H-pyrrole nitrogens is 1. The first-order valence-electron chi connectivity index (χ1n) is 6.65. The molecule has 2 heterocycles. The van der Waals surface area contributed by atoms with E-state index >= 15 is 0 Å². The van der Waals surface area contributed by atoms with Gasteiger partial charge in [0.25, 0.3) is 5.91 Å². The minimum absolute atomic E-state index is 0.0632. The number of nitrogens with zero attached hydrogens (tertiary/aromatic N) is 1. The van der Waals surface area contributed by atoms with E-state index in [0.717, 1.165) is 17.7 Å². The molecule has 2 aromatic heterocycles. The van der Waals surface area contributed by atoms with E-state index < -0.39 is 0 Å². The third kappa shape index (κ3) is 3.26. The number of hydrogen-bond acceptors (Lipinski definition) is 4. The fraction of sp³-hybridized carbons (Fsp3) is 0.429. The Morgan fingerprint density at radius 1 is 1.60 bits per heavy atom. The van der Waals surface area contributed by atoms with Crippen LogP contribution in [0.3, 0.4) is 0 Å². The van der Waals surface area contributed by atoms with Gasteiger partial charge in [-0.2, -0.15) is 16.4 Å². The minimum atomic E-state index is -0.238. The predicted molar refractivity (Wildman–Crippen MR) is 79.7 cm³/mol. The number of hydrogen-bond donors (Lipinski definition) is 3. The molecule has 0 aromatic carbocycles. The molecular formula is C14H19N3O2S. The summed E-state index contributed by atoms with van der Waals surface area (Å²) in [5.74, 6) is -0.0125. The number of aliphatic hydroxyl groups excluding tert-OH is 1. The third-order valence-electron chi connectivity index (χ3n) is 3.48. The van der Waals surface area contributed by atoms with Crippen LogP contribution in [0.15, 0.2) is 22.9 Å². The van der Waals surface area contributed by atoms with Crippen molar-refractivity contribution in [2.24, 2.45) is 5.92 Å². The zero-order chi connectivity index (χ0) is 14.5. The third-order valence-corrected chi connectivity index (χ3v) is 4.17. The van der Waals surface area contributed by atoms with Gasteiger partial charge in [0.05, 0.1) is 18.3 Å². The standard InChI is InChI=1S/C14H19N3O2S/c1-3-9(2)13(7-18)15-14(19)12-6-11(16-17-12)10-4-5-20-8-10/h4-6,8-9,13,18H,3,7H2,1-2H3,(H,15,19)(H,16,17)/t9-,13-/m0/s1. The first-order valence-corrected chi connectivity index (χ1v) is 7.59. The zero-order valence-electron chi connectivity index (χ0n) is 11.6. The summed E-state index contributed by atoms with van der Waals surface area (Å²) in [6.07, 6.45) is 0.897. The van der Waals surface area contributed by atoms with Gasteiger partial charge in [-0.15, -0.1) is 0 Å². The Morgan fingerprint density at radius 3 is 3.00 bits per heavy atom. The summed E-state index contributed by atoms with van der Waals surface area (Å²) in [5, 5.41) is 23.0. The SMILES string of the molecule is CC[C@H](C)[C@H](CO)NC(=O)c1cc(-c2ccsc2)n[nH]1. The molecule has 2 atom stereocenters. The van der Waals surface area contributed by atoms with E-state index in [0.29, 0.717) is 5.69 Å². The highest BCUT2D eigenvalue weighted by Crippen LogP contribution is 2.20. The van der Waals surface area contributed by atoms with Crippen LogP contribution in [0, 0.1) is 5.92 Å². The highest BCUT2D eigenvalue weighted by Gasteiger charge is 2.19. The lowest BCUT2D eigenvalue weighted by Gasteiger charge is -2.21. The monoisotopic (exact) mass is 293 g/mol. The van der Waals surface area contributed by atoms with Crippen molar-refractivity contribution in [3.63, 3.8) is 0 Å². The Balaban J connectivity index is 2.06. The average molecular weight is 293 g/mol. The van der Waals surface area contributed by atoms with Crippen LogP contribution < -0.4 is 5.32 Å². The molecule has 1 amide bonds. The molecule has 0 spiro atoms. The maximum Gasteiger partial charge on any atom is 0.269 e. The van der Waals surface area contributed by atoms with Gasteiger partial charge in [0.15, 0.2) is 0 Å². The second kappa shape index (κ2) is 6.67. The van der Waals surface area contributed by atoms with Crippen LogP contribution in [0.4, 0.5) is 0 Å². The molecule has 5 nitrogen and oxygen atoms in total. The summed E-state index contributed by atoms with van der Waals surface area (Å²) in [6.45, 7) is 3.97. The van der Waals surface area contributed by atoms with Gasteiger partial charge in [-0.25, -0.2) is 0 Å². The predicted octanol–water partition coefficient (Wildman–Crippen LogP) is 2.27. The Hall–Kier alpha value is -1.66. The molecule has 0 saturated heterocycles. The highest BCUT2D eigenvalue weighted by molar-refractivity contribution is 7.08. The largest absolute Gasteiger partial charge is 0.394 e. The Labute approximate surface area is 122 Å². The van der Waals surface area contributed by atoms with Crippen molar-refractivity contribution >= 4 is 17.2 Å². The lowest BCUT2D eigenvalue weighted by Crippen LogP contribution is -2.42. The van der Waals surface area contributed by atoms with Gasteiger partial charge in [-0.05, 0) is 23.4 Å². The fourth-order valence-corrected chi connectivity index (χ4v) is 2.54. The van der Waals surface area contributed by atoms with Crippen molar-refractivity contribution in [3.8, 4) is 11.3 Å². The summed E-state index contributed by atoms with van der Waals surface area (Å²) >= 11 is 1.59. The molecule has 0 radical (unpaired) electrons. The quantitative estimate of drug-likeness (QED) is 0.764. The summed E-state index contributed by atoms with van der Waals surface area (Å²) in [7, 11) is 0. The fourth-order valence-electron chi connectivity index (χ4n) is 1.89. The average Bonchev–Trinajstić information content (AvgIpc) is 3.13. The van der Waals surface area contributed by atoms with E-state index in [4.69, 9.17) is 0 Å². The van der Waals surface area contributed by atoms with E-state index in [1.165, 1.54) is 0 Å². The van der Waals surface area contributed by atoms with Crippen LogP contribution in [0.1, 0.15) is 30.8 Å². The lowest BCUT2D eigenvalue weighted by molar-refractivity contribution is 0.0886. The lowest BCUT2D eigenvalue weighted by atomic mass is 10.00. The number of carbonyl (C=O) groups is 1. The number of aromatic nitrogens is 2. The molecule has 20 heavy (non-hydrogen) atoms. The first kappa shape index (κ1) is 14.7. The molecule has 2 rings (SSSR count). The van der Waals surface area contributed by atoms with Crippen molar-refractivity contribution in [1.82, 2.24) is 15.5 Å². The topological polar surface area (TPSA) is 78.0 Å². The van der Waals surface area contributed by atoms with Crippen LogP contribution in [0.2, 0.25) is 0 Å². The van der Waals surface area contributed by atoms with Gasteiger partial charge >= 0.3 is 0 Å². The van der Waals surface area contributed by atoms with Crippen molar-refractivity contribution in [3.05, 3.63) is 28.6 Å². The van der Waals surface area contributed by atoms with Gasteiger partial charge in [-0.1, -0.05) is 20.3 Å². The molecule has 0 aliphatic carbocycles. The molecule has 0 saturated carbocycles. The van der Waals surface area contributed by atoms with Crippen molar-refractivity contribution in [1.29, 1.82) is 0 Å². The zero-order valence-corrected chi connectivity index (χ0v) is 12.4. The number of rotatable bonds is 6. The summed E-state index contributed by atoms with van der Waals surface area (Å²) < 4.78 is 0. The second-order valence-electron chi connectivity index (χ2n) is 4.83. The molecule has 0 aliphatic heterocycles. The van der Waals surface area contributed by atoms with Gasteiger partial charge in [0, 0.05) is 10.9 Å². The van der Waals surface area contributed by atoms with Crippen molar-refractivity contribution in [2.75, 3.05) is 6.61 Å². The van der Waals surface area contributed by atoms with Crippen LogP contribution in [0.25, 0.3) is 11.3 Å². The van der Waals surface area contributed by atoms with Crippen LogP contribution >= 0.6 is 11.3 Å². The molecule has 0 fully saturated rings. The summed E-state index contributed by atoms with van der Waals surface area (Å²) in [4.78, 5) is 12.1. The summed E-state index contributed by atoms with van der Waals surface area (Å²) in [6, 6.07) is 3.45. The number of thiophene rings is 1. The molecule has 6 heteroatoms. The van der Waals surface area contributed by atoms with Gasteiger partial charge < -0.3 is 10.4 Å². The molecule has 2 aromatic rings. The van der Waals surface area contributed by atoms with Gasteiger partial charge in [0.2, 0.25) is 0 Å². The van der Waals surface area contributed by atoms with Crippen molar-refractivity contribution in [2.45, 2.75) is 26.3 Å². The van der Waals surface area contributed by atoms with E-state index in [1.54, 1.807) is 17.4 Å². The van der Waals surface area contributed by atoms with Gasteiger partial charge in [0.1, 0.15) is 5.69 Å². The van der Waals surface area contributed by atoms with Crippen LogP contribution in [0.5, 0.6) is 0 Å². The van der Waals surface area contributed by atoms with E-state index in [1.807, 2.05) is 30.7 Å². The number of aliphatic hydroxyl groups is 1. The smallest absolute Gasteiger partial charge is 0.269 e. The number of aromatic amines is 1. The molecule has 0 bridgehead atoms. The minimum Gasteiger partial charge on any atom is -0.394 e. The number of nitrogens with one attached hydrogen (secondary N) is 2. The van der Waals surface area contributed by atoms with Crippen LogP contribution in [-0.4, -0.2) is 33.9 Å². The summed E-state index contributed by atoms with van der Waals surface area (Å²) in [5.41, 5.74) is 2.15. The molecule has 0 aliphatic rings. The highest BCUT2D eigenvalue weighted by atomic mass is 32.1. The first-order chi connectivity index (χ1) is 9.65. The van der Waals surface area contributed by atoms with Crippen molar-refractivity contribution < 1.29 is 9.90 Å². The Bertz CT molecular complexity index is 551. The maximum atomic E-state index is 12.1. The van der Waals surface area contributed by atoms with E-state index in [9.17, 15) is 9.90 Å². The van der Waals surface area contributed by atoms with Crippen LogP contribution in [-0.2, 0) is 0 Å². The Kier molecular flexibility index (Phi) is 4.92. The van der Waals surface area contributed by atoms with E-state index in [-0.39, 0.29) is 24.5 Å². The molecular weight excluding hydrogens is 274 g/mol. The Morgan fingerprint density at radius 2 is 2.40 bits per heavy atom. The van der Waals surface area contributed by atoms with E-state index in [2.05, 4.69) is 15.5 Å². The number of carbonyl (C=O) groups excluding carboxylic acids is 1. The second-order valence-corrected chi connectivity index (χ2v) is 5.61. The van der Waals surface area contributed by atoms with Gasteiger partial charge in [-0.3, -0.25) is 9.89 Å². The molecule has 0 unspecified atom stereocenters.